The summed E-state index contributed by atoms with van der Waals surface area (Å²) in [4.78, 5) is 14.4. The lowest BCUT2D eigenvalue weighted by molar-refractivity contribution is -0.0605. The molecule has 2 aliphatic rings. The molecular weight excluding hydrogens is 340 g/mol. The highest BCUT2D eigenvalue weighted by Gasteiger charge is 2.36. The van der Waals surface area contributed by atoms with Crippen molar-refractivity contribution in [2.24, 2.45) is 5.92 Å². The predicted molar refractivity (Wildman–Crippen MR) is 106 cm³/mol. The minimum Gasteiger partial charge on any atom is -0.478 e. The first-order valence-electron chi connectivity index (χ1n) is 10.1. The van der Waals surface area contributed by atoms with Crippen LogP contribution in [0.25, 0.3) is 10.9 Å². The molecule has 5 nitrogen and oxygen atoms in total. The van der Waals surface area contributed by atoms with Crippen molar-refractivity contribution < 1.29 is 14.6 Å². The highest BCUT2D eigenvalue weighted by molar-refractivity contribution is 6.05. The van der Waals surface area contributed by atoms with E-state index in [9.17, 15) is 9.90 Å². The number of carbonyl (C=O) groups is 1. The number of carboxylic acid groups (broad SMARTS) is 1. The molecule has 1 aromatic heterocycles. The molecule has 1 aromatic carbocycles. The van der Waals surface area contributed by atoms with Gasteiger partial charge in [0.25, 0.3) is 0 Å². The Morgan fingerprint density at radius 3 is 2.48 bits per heavy atom. The van der Waals surface area contributed by atoms with Crippen LogP contribution < -0.4 is 0 Å². The van der Waals surface area contributed by atoms with Gasteiger partial charge in [0.15, 0.2) is 0 Å². The standard InChI is InChI=1S/C22H30N2O3/c1-14(16-8-10-17(11-9-16)23-12-18(13-23)27-3)24-15(2)21(22(25)26)19-6-4-5-7-20(19)24/h4-7,14,16-18H,8-13H2,1-3H3,(H,25,26)/t14-,16?,17?/m1/s1. The van der Waals surface area contributed by atoms with Crippen LogP contribution in [-0.4, -0.2) is 52.9 Å². The molecular formula is C22H30N2O3. The lowest BCUT2D eigenvalue weighted by atomic mass is 9.80. The number of carboxylic acids is 1. The van der Waals surface area contributed by atoms with Gasteiger partial charge in [-0.15, -0.1) is 0 Å². The maximum absolute atomic E-state index is 11.8. The first-order chi connectivity index (χ1) is 13.0. The van der Waals surface area contributed by atoms with Crippen molar-refractivity contribution >= 4 is 16.9 Å². The van der Waals surface area contributed by atoms with Crippen LogP contribution in [0, 0.1) is 12.8 Å². The third-order valence-electron chi connectivity index (χ3n) is 6.93. The number of hydrogen-bond donors (Lipinski definition) is 1. The Labute approximate surface area is 160 Å². The lowest BCUT2D eigenvalue weighted by Gasteiger charge is -2.46. The first-order valence-corrected chi connectivity index (χ1v) is 10.1. The number of para-hydroxylation sites is 1. The minimum absolute atomic E-state index is 0.312. The molecule has 0 spiro atoms. The van der Waals surface area contributed by atoms with Gasteiger partial charge < -0.3 is 14.4 Å². The molecule has 1 saturated heterocycles. The van der Waals surface area contributed by atoms with E-state index in [0.717, 1.165) is 29.7 Å². The van der Waals surface area contributed by atoms with E-state index in [4.69, 9.17) is 4.74 Å². The molecule has 5 heteroatoms. The molecule has 1 aliphatic carbocycles. The number of benzene rings is 1. The quantitative estimate of drug-likeness (QED) is 0.861. The molecule has 146 valence electrons. The summed E-state index contributed by atoms with van der Waals surface area (Å²) in [6, 6.07) is 8.92. The molecule has 1 N–H and O–H groups in total. The second-order valence-electron chi connectivity index (χ2n) is 8.27. The average molecular weight is 370 g/mol. The van der Waals surface area contributed by atoms with Crippen molar-refractivity contribution in [3.05, 3.63) is 35.5 Å². The fourth-order valence-electron chi connectivity index (χ4n) is 5.26. The van der Waals surface area contributed by atoms with E-state index in [1.807, 2.05) is 25.1 Å². The van der Waals surface area contributed by atoms with Crippen LogP contribution >= 0.6 is 0 Å². The Morgan fingerprint density at radius 2 is 1.85 bits per heavy atom. The van der Waals surface area contributed by atoms with Crippen molar-refractivity contribution in [1.29, 1.82) is 0 Å². The summed E-state index contributed by atoms with van der Waals surface area (Å²) < 4.78 is 7.68. The first kappa shape index (κ1) is 18.5. The van der Waals surface area contributed by atoms with Crippen molar-refractivity contribution in [3.63, 3.8) is 0 Å². The Bertz CT molecular complexity index is 829. The zero-order valence-corrected chi connectivity index (χ0v) is 16.5. The number of aromatic nitrogens is 1. The molecule has 0 radical (unpaired) electrons. The topological polar surface area (TPSA) is 54.7 Å². The van der Waals surface area contributed by atoms with Crippen molar-refractivity contribution in [1.82, 2.24) is 9.47 Å². The summed E-state index contributed by atoms with van der Waals surface area (Å²) in [5, 5.41) is 10.6. The molecule has 2 fully saturated rings. The maximum Gasteiger partial charge on any atom is 0.338 e. The summed E-state index contributed by atoms with van der Waals surface area (Å²) in [7, 11) is 1.80. The minimum atomic E-state index is -0.830. The van der Waals surface area contributed by atoms with Crippen LogP contribution in [0.15, 0.2) is 24.3 Å². The van der Waals surface area contributed by atoms with Crippen LogP contribution in [0.5, 0.6) is 0 Å². The number of methoxy groups -OCH3 is 1. The summed E-state index contributed by atoms with van der Waals surface area (Å²) in [6.45, 7) is 6.37. The van der Waals surface area contributed by atoms with Gasteiger partial charge in [-0.05, 0) is 51.5 Å². The molecule has 2 aromatic rings. The molecule has 27 heavy (non-hydrogen) atoms. The van der Waals surface area contributed by atoms with Gasteiger partial charge in [-0.25, -0.2) is 4.79 Å². The van der Waals surface area contributed by atoms with Crippen molar-refractivity contribution in [2.45, 2.75) is 57.7 Å². The van der Waals surface area contributed by atoms with Gasteiger partial charge in [-0.3, -0.25) is 4.90 Å². The van der Waals surface area contributed by atoms with Crippen LogP contribution in [0.1, 0.15) is 54.7 Å². The third kappa shape index (κ3) is 3.17. The summed E-state index contributed by atoms with van der Waals surface area (Å²) >= 11 is 0. The van der Waals surface area contributed by atoms with E-state index in [1.165, 1.54) is 25.7 Å². The van der Waals surface area contributed by atoms with Crippen molar-refractivity contribution in [2.75, 3.05) is 20.2 Å². The van der Waals surface area contributed by atoms with E-state index < -0.39 is 5.97 Å². The van der Waals surface area contributed by atoms with E-state index in [-0.39, 0.29) is 0 Å². The van der Waals surface area contributed by atoms with E-state index in [1.54, 1.807) is 7.11 Å². The molecule has 0 unspecified atom stereocenters. The molecule has 4 rings (SSSR count). The van der Waals surface area contributed by atoms with Gasteiger partial charge in [0.2, 0.25) is 0 Å². The molecule has 1 saturated carbocycles. The van der Waals surface area contributed by atoms with Gasteiger partial charge in [-0.2, -0.15) is 0 Å². The Morgan fingerprint density at radius 1 is 1.19 bits per heavy atom. The Hall–Kier alpha value is -1.85. The van der Waals surface area contributed by atoms with Gasteiger partial charge in [-0.1, -0.05) is 18.2 Å². The molecule has 1 atom stereocenters. The summed E-state index contributed by atoms with van der Waals surface area (Å²) in [5.74, 6) is -0.235. The van der Waals surface area contributed by atoms with Crippen LogP contribution in [0.4, 0.5) is 0 Å². The SMILES string of the molecule is COC1CN(C2CCC([C@@H](C)n3c(C)c(C(=O)O)c4ccccc43)CC2)C1. The third-order valence-corrected chi connectivity index (χ3v) is 6.93. The smallest absolute Gasteiger partial charge is 0.338 e. The number of ether oxygens (including phenoxy) is 1. The fraction of sp³-hybridized carbons (Fsp3) is 0.591. The summed E-state index contributed by atoms with van der Waals surface area (Å²) in [5.41, 5.74) is 2.38. The average Bonchev–Trinajstić information content (AvgIpc) is 2.92. The second kappa shape index (κ2) is 7.28. The van der Waals surface area contributed by atoms with Crippen molar-refractivity contribution in [3.8, 4) is 0 Å². The zero-order valence-electron chi connectivity index (χ0n) is 16.5. The van der Waals surface area contributed by atoms with E-state index in [0.29, 0.717) is 29.7 Å². The normalized spacial score (nSPS) is 25.4. The Kier molecular flexibility index (Phi) is 4.99. The molecule has 1 aliphatic heterocycles. The second-order valence-corrected chi connectivity index (χ2v) is 8.27. The number of hydrogen-bond acceptors (Lipinski definition) is 3. The number of fused-ring (bicyclic) bond motifs is 1. The van der Waals surface area contributed by atoms with Crippen LogP contribution in [-0.2, 0) is 4.74 Å². The molecule has 2 heterocycles. The molecule has 0 bridgehead atoms. The Balaban J connectivity index is 1.52. The number of rotatable bonds is 5. The van der Waals surface area contributed by atoms with E-state index in [2.05, 4.69) is 22.5 Å². The highest BCUT2D eigenvalue weighted by Crippen LogP contribution is 2.39. The largest absolute Gasteiger partial charge is 0.478 e. The highest BCUT2D eigenvalue weighted by atomic mass is 16.5. The predicted octanol–water partition coefficient (Wildman–Crippen LogP) is 4.10. The van der Waals surface area contributed by atoms with Gasteiger partial charge >= 0.3 is 5.97 Å². The van der Waals surface area contributed by atoms with Gasteiger partial charge in [0, 0.05) is 48.9 Å². The van der Waals surface area contributed by atoms with E-state index >= 15 is 0 Å². The van der Waals surface area contributed by atoms with Crippen LogP contribution in [0.2, 0.25) is 0 Å². The monoisotopic (exact) mass is 370 g/mol. The number of likely N-dealkylation sites (tertiary alicyclic amines) is 1. The molecule has 0 amide bonds. The lowest BCUT2D eigenvalue weighted by Crippen LogP contribution is -2.56. The van der Waals surface area contributed by atoms with Gasteiger partial charge in [0.05, 0.1) is 11.7 Å². The summed E-state index contributed by atoms with van der Waals surface area (Å²) in [6.07, 6.45) is 5.29. The number of aromatic carboxylic acids is 1. The zero-order chi connectivity index (χ0) is 19.1. The fourth-order valence-corrected chi connectivity index (χ4v) is 5.26. The van der Waals surface area contributed by atoms with Gasteiger partial charge in [0.1, 0.15) is 0 Å². The maximum atomic E-state index is 11.8. The number of nitrogens with zero attached hydrogens (tertiary/aromatic N) is 2. The van der Waals surface area contributed by atoms with Crippen LogP contribution in [0.3, 0.4) is 0 Å².